The topological polar surface area (TPSA) is 55.4 Å². The molecule has 3 rings (SSSR count). The van der Waals surface area contributed by atoms with Gasteiger partial charge in [0.2, 0.25) is 0 Å². The number of aliphatic imine (C=N–C) groups is 1. The number of benzene rings is 1. The van der Waals surface area contributed by atoms with Crippen molar-refractivity contribution in [2.45, 2.75) is 40.0 Å². The summed E-state index contributed by atoms with van der Waals surface area (Å²) in [6.45, 7) is 18.6. The predicted molar refractivity (Wildman–Crippen MR) is 133 cm³/mol. The van der Waals surface area contributed by atoms with Crippen LogP contribution in [0.25, 0.3) is 0 Å². The molecule has 2 heterocycles. The van der Waals surface area contributed by atoms with Crippen molar-refractivity contribution in [3.05, 3.63) is 35.4 Å². The first-order chi connectivity index (χ1) is 15.5. The highest BCUT2D eigenvalue weighted by molar-refractivity contribution is 5.79. The molecule has 2 saturated heterocycles. The molecule has 0 radical (unpaired) electrons. The zero-order valence-electron chi connectivity index (χ0n) is 20.6. The SMILES string of the molecule is CCNC(=NCc1ccc(CN2CCN(C)CC2)cc1)NCC1CN(CC(C)C)CCO1. The molecule has 2 fully saturated rings. The number of nitrogens with one attached hydrogen (secondary N) is 2. The van der Waals surface area contributed by atoms with Crippen LogP contribution in [0.15, 0.2) is 29.3 Å². The molecule has 0 spiro atoms. The fraction of sp³-hybridized carbons (Fsp3) is 0.720. The average molecular weight is 445 g/mol. The standard InChI is InChI=1S/C25H44N6O/c1-5-26-25(28-17-24-20-31(14-15-32-24)18-21(2)3)27-16-22-6-8-23(9-7-22)19-30-12-10-29(4)11-13-30/h6-9,21,24H,5,10-20H2,1-4H3,(H2,26,27,28). The van der Waals surface area contributed by atoms with E-state index in [-0.39, 0.29) is 6.10 Å². The number of likely N-dealkylation sites (N-methyl/N-ethyl adjacent to an activating group) is 1. The van der Waals surface area contributed by atoms with Crippen LogP contribution in [-0.4, -0.2) is 99.3 Å². The smallest absolute Gasteiger partial charge is 0.191 e. The number of rotatable bonds is 9. The second-order valence-electron chi connectivity index (χ2n) is 9.62. The number of guanidine groups is 1. The molecule has 7 heteroatoms. The van der Waals surface area contributed by atoms with Crippen molar-refractivity contribution in [2.24, 2.45) is 10.9 Å². The van der Waals surface area contributed by atoms with Crippen LogP contribution in [0.4, 0.5) is 0 Å². The van der Waals surface area contributed by atoms with Gasteiger partial charge in [0.25, 0.3) is 0 Å². The molecule has 1 atom stereocenters. The van der Waals surface area contributed by atoms with Gasteiger partial charge in [0, 0.05) is 65.4 Å². The summed E-state index contributed by atoms with van der Waals surface area (Å²) in [5.41, 5.74) is 2.62. The molecule has 1 aromatic rings. The summed E-state index contributed by atoms with van der Waals surface area (Å²) in [7, 11) is 2.20. The van der Waals surface area contributed by atoms with Crippen LogP contribution >= 0.6 is 0 Å². The first kappa shape index (κ1) is 25.0. The van der Waals surface area contributed by atoms with Gasteiger partial charge in [0.15, 0.2) is 5.96 Å². The lowest BCUT2D eigenvalue weighted by Crippen LogP contribution is -2.50. The molecule has 180 valence electrons. The van der Waals surface area contributed by atoms with Crippen LogP contribution in [0, 0.1) is 5.92 Å². The molecule has 0 bridgehead atoms. The van der Waals surface area contributed by atoms with Gasteiger partial charge in [0.1, 0.15) is 0 Å². The lowest BCUT2D eigenvalue weighted by molar-refractivity contribution is -0.0284. The van der Waals surface area contributed by atoms with E-state index in [9.17, 15) is 0 Å². The number of nitrogens with zero attached hydrogens (tertiary/aromatic N) is 4. The maximum absolute atomic E-state index is 5.97. The van der Waals surface area contributed by atoms with Gasteiger partial charge in [0.05, 0.1) is 19.3 Å². The monoisotopic (exact) mass is 444 g/mol. The molecule has 2 aliphatic rings. The van der Waals surface area contributed by atoms with E-state index in [1.54, 1.807) is 0 Å². The van der Waals surface area contributed by atoms with Gasteiger partial charge in [-0.25, -0.2) is 4.99 Å². The normalized spacial score (nSPS) is 21.8. The summed E-state index contributed by atoms with van der Waals surface area (Å²) < 4.78 is 5.97. The second kappa shape index (κ2) is 13.1. The van der Waals surface area contributed by atoms with Crippen molar-refractivity contribution in [2.75, 3.05) is 72.6 Å². The van der Waals surface area contributed by atoms with Gasteiger partial charge in [-0.15, -0.1) is 0 Å². The second-order valence-corrected chi connectivity index (χ2v) is 9.62. The molecule has 0 aromatic heterocycles. The van der Waals surface area contributed by atoms with Gasteiger partial charge in [-0.1, -0.05) is 38.1 Å². The molecule has 32 heavy (non-hydrogen) atoms. The lowest BCUT2D eigenvalue weighted by atomic mass is 10.1. The molecule has 2 aliphatic heterocycles. The van der Waals surface area contributed by atoms with Crippen LogP contribution in [0.5, 0.6) is 0 Å². The van der Waals surface area contributed by atoms with Gasteiger partial charge >= 0.3 is 0 Å². The van der Waals surface area contributed by atoms with Gasteiger partial charge in [-0.3, -0.25) is 9.80 Å². The third-order valence-corrected chi connectivity index (χ3v) is 6.13. The van der Waals surface area contributed by atoms with E-state index in [1.165, 1.54) is 11.1 Å². The predicted octanol–water partition coefficient (Wildman–Crippen LogP) is 1.85. The van der Waals surface area contributed by atoms with Crippen LogP contribution in [0.2, 0.25) is 0 Å². The highest BCUT2D eigenvalue weighted by Gasteiger charge is 2.21. The van der Waals surface area contributed by atoms with Crippen molar-refractivity contribution in [3.8, 4) is 0 Å². The number of ether oxygens (including phenoxy) is 1. The van der Waals surface area contributed by atoms with Crippen molar-refractivity contribution in [1.82, 2.24) is 25.3 Å². The quantitative estimate of drug-likeness (QED) is 0.448. The summed E-state index contributed by atoms with van der Waals surface area (Å²) >= 11 is 0. The first-order valence-corrected chi connectivity index (χ1v) is 12.4. The average Bonchev–Trinajstić information content (AvgIpc) is 2.78. The molecule has 1 aromatic carbocycles. The lowest BCUT2D eigenvalue weighted by Gasteiger charge is -2.34. The largest absolute Gasteiger partial charge is 0.374 e. The minimum atomic E-state index is 0.209. The molecule has 2 N–H and O–H groups in total. The zero-order chi connectivity index (χ0) is 22.8. The summed E-state index contributed by atoms with van der Waals surface area (Å²) in [5.74, 6) is 1.55. The zero-order valence-corrected chi connectivity index (χ0v) is 20.6. The Labute approximate surface area is 195 Å². The van der Waals surface area contributed by atoms with Gasteiger partial charge < -0.3 is 20.3 Å². The Morgan fingerprint density at radius 1 is 1.03 bits per heavy atom. The van der Waals surface area contributed by atoms with Crippen LogP contribution in [0.3, 0.4) is 0 Å². The molecular weight excluding hydrogens is 400 g/mol. The molecule has 0 saturated carbocycles. The third kappa shape index (κ3) is 8.70. The molecule has 0 aliphatic carbocycles. The van der Waals surface area contributed by atoms with Gasteiger partial charge in [-0.05, 0) is 31.0 Å². The fourth-order valence-electron chi connectivity index (χ4n) is 4.32. The Hall–Kier alpha value is -1.67. The highest BCUT2D eigenvalue weighted by Crippen LogP contribution is 2.11. The molecular formula is C25H44N6O. The van der Waals surface area contributed by atoms with Crippen molar-refractivity contribution in [1.29, 1.82) is 0 Å². The Kier molecular flexibility index (Phi) is 10.2. The maximum Gasteiger partial charge on any atom is 0.191 e. The number of hydrogen-bond acceptors (Lipinski definition) is 5. The minimum Gasteiger partial charge on any atom is -0.374 e. The number of piperazine rings is 1. The van der Waals surface area contributed by atoms with E-state index in [1.807, 2.05) is 0 Å². The Balaban J connectivity index is 1.45. The maximum atomic E-state index is 5.97. The number of morpholine rings is 1. The van der Waals surface area contributed by atoms with Crippen LogP contribution < -0.4 is 10.6 Å². The Bertz CT molecular complexity index is 684. The summed E-state index contributed by atoms with van der Waals surface area (Å²) in [4.78, 5) is 12.2. The first-order valence-electron chi connectivity index (χ1n) is 12.4. The molecule has 0 amide bonds. The molecule has 7 nitrogen and oxygen atoms in total. The summed E-state index contributed by atoms with van der Waals surface area (Å²) in [6.07, 6.45) is 0.209. The highest BCUT2D eigenvalue weighted by atomic mass is 16.5. The fourth-order valence-corrected chi connectivity index (χ4v) is 4.32. The van der Waals surface area contributed by atoms with E-state index in [2.05, 4.69) is 77.4 Å². The third-order valence-electron chi connectivity index (χ3n) is 6.13. The van der Waals surface area contributed by atoms with Crippen LogP contribution in [-0.2, 0) is 17.8 Å². The van der Waals surface area contributed by atoms with E-state index >= 15 is 0 Å². The minimum absolute atomic E-state index is 0.209. The van der Waals surface area contributed by atoms with Crippen molar-refractivity contribution >= 4 is 5.96 Å². The summed E-state index contributed by atoms with van der Waals surface area (Å²) in [6, 6.07) is 8.93. The Morgan fingerprint density at radius 3 is 2.44 bits per heavy atom. The van der Waals surface area contributed by atoms with Crippen LogP contribution in [0.1, 0.15) is 31.9 Å². The molecule has 1 unspecified atom stereocenters. The number of hydrogen-bond donors (Lipinski definition) is 2. The van der Waals surface area contributed by atoms with E-state index in [0.29, 0.717) is 12.5 Å². The van der Waals surface area contributed by atoms with E-state index in [0.717, 1.165) is 78.0 Å². The summed E-state index contributed by atoms with van der Waals surface area (Å²) in [5, 5.41) is 6.84. The van der Waals surface area contributed by atoms with Gasteiger partial charge in [-0.2, -0.15) is 0 Å². The van der Waals surface area contributed by atoms with Crippen molar-refractivity contribution in [3.63, 3.8) is 0 Å². The van der Waals surface area contributed by atoms with E-state index in [4.69, 9.17) is 9.73 Å². The van der Waals surface area contributed by atoms with Crippen molar-refractivity contribution < 1.29 is 4.74 Å². The van der Waals surface area contributed by atoms with E-state index < -0.39 is 0 Å². The Morgan fingerprint density at radius 2 is 1.75 bits per heavy atom.